The number of aromatic nitrogens is 3. The molecular weight excluding hydrogens is 310 g/mol. The first-order valence-electron chi connectivity index (χ1n) is 8.09. The van der Waals surface area contributed by atoms with Crippen molar-refractivity contribution in [2.24, 2.45) is 0 Å². The van der Waals surface area contributed by atoms with Gasteiger partial charge in [0.05, 0.1) is 12.2 Å². The summed E-state index contributed by atoms with van der Waals surface area (Å²) >= 11 is 0. The Morgan fingerprint density at radius 2 is 2.25 bits per heavy atom. The van der Waals surface area contributed by atoms with Gasteiger partial charge >= 0.3 is 6.09 Å². The molecule has 1 fully saturated rings. The third-order valence-corrected chi connectivity index (χ3v) is 3.71. The predicted molar refractivity (Wildman–Crippen MR) is 87.6 cm³/mol. The molecule has 0 radical (unpaired) electrons. The zero-order valence-corrected chi connectivity index (χ0v) is 13.9. The largest absolute Gasteiger partial charge is 0.449 e. The predicted octanol–water partition coefficient (Wildman–Crippen LogP) is 2.51. The number of nitrogens with zero attached hydrogens (tertiary/aromatic N) is 4. The first-order chi connectivity index (χ1) is 11.6. The van der Waals surface area contributed by atoms with Gasteiger partial charge in [-0.2, -0.15) is 4.98 Å². The van der Waals surface area contributed by atoms with Crippen LogP contribution < -0.4 is 5.32 Å². The highest BCUT2D eigenvalue weighted by Crippen LogP contribution is 2.20. The molecule has 1 N–H and O–H groups in total. The van der Waals surface area contributed by atoms with Gasteiger partial charge in [0.2, 0.25) is 0 Å². The van der Waals surface area contributed by atoms with E-state index in [0.717, 1.165) is 24.3 Å². The molecule has 1 saturated heterocycles. The van der Waals surface area contributed by atoms with E-state index in [0.29, 0.717) is 31.4 Å². The van der Waals surface area contributed by atoms with Gasteiger partial charge in [0.1, 0.15) is 5.82 Å². The number of amides is 1. The van der Waals surface area contributed by atoms with Gasteiger partial charge in [-0.1, -0.05) is 19.0 Å². The maximum Gasteiger partial charge on any atom is 0.409 e. The number of nitrogens with one attached hydrogen (secondary N) is 1. The number of cyclic esters (lactones) is 1. The van der Waals surface area contributed by atoms with E-state index < -0.39 is 0 Å². The van der Waals surface area contributed by atoms with Crippen LogP contribution in [0.5, 0.6) is 0 Å². The van der Waals surface area contributed by atoms with Crippen molar-refractivity contribution in [1.29, 1.82) is 0 Å². The molecular formula is C16H21N5O3. The van der Waals surface area contributed by atoms with Crippen LogP contribution in [-0.4, -0.2) is 52.4 Å². The van der Waals surface area contributed by atoms with Gasteiger partial charge in [-0.15, -0.1) is 0 Å². The lowest BCUT2D eigenvalue weighted by Crippen LogP contribution is -2.40. The number of rotatable bonds is 6. The third-order valence-electron chi connectivity index (χ3n) is 3.71. The maximum atomic E-state index is 11.5. The summed E-state index contributed by atoms with van der Waals surface area (Å²) in [6.45, 7) is 6.47. The van der Waals surface area contributed by atoms with Gasteiger partial charge in [0.15, 0.2) is 5.82 Å². The molecule has 0 unspecified atom stereocenters. The fourth-order valence-electron chi connectivity index (χ4n) is 2.33. The first-order valence-corrected chi connectivity index (χ1v) is 8.09. The number of pyridine rings is 1. The normalized spacial score (nSPS) is 14.8. The molecule has 3 heterocycles. The molecule has 8 heteroatoms. The second kappa shape index (κ2) is 7.29. The van der Waals surface area contributed by atoms with Crippen LogP contribution in [0, 0.1) is 0 Å². The van der Waals surface area contributed by atoms with E-state index in [1.54, 1.807) is 11.1 Å². The van der Waals surface area contributed by atoms with Crippen LogP contribution in [0.25, 0.3) is 11.5 Å². The minimum Gasteiger partial charge on any atom is -0.449 e. The summed E-state index contributed by atoms with van der Waals surface area (Å²) in [7, 11) is 0. The lowest BCUT2D eigenvalue weighted by Gasteiger charge is -2.26. The highest BCUT2D eigenvalue weighted by atomic mass is 16.6. The van der Waals surface area contributed by atoms with Crippen molar-refractivity contribution in [2.75, 3.05) is 31.6 Å². The van der Waals surface area contributed by atoms with E-state index in [2.05, 4.69) is 20.4 Å². The Morgan fingerprint density at radius 1 is 1.38 bits per heavy atom. The zero-order chi connectivity index (χ0) is 16.9. The summed E-state index contributed by atoms with van der Waals surface area (Å²) < 4.78 is 10.2. The first kappa shape index (κ1) is 16.2. The Morgan fingerprint density at radius 3 is 2.92 bits per heavy atom. The van der Waals surface area contributed by atoms with Gasteiger partial charge in [-0.05, 0) is 18.6 Å². The Labute approximate surface area is 140 Å². The van der Waals surface area contributed by atoms with Crippen LogP contribution in [0.15, 0.2) is 22.9 Å². The van der Waals surface area contributed by atoms with Crippen LogP contribution in [0.4, 0.5) is 10.6 Å². The average molecular weight is 331 g/mol. The second-order valence-corrected chi connectivity index (χ2v) is 5.93. The molecule has 128 valence electrons. The van der Waals surface area contributed by atoms with Crippen molar-refractivity contribution in [3.8, 4) is 11.5 Å². The van der Waals surface area contributed by atoms with E-state index in [4.69, 9.17) is 9.26 Å². The molecule has 24 heavy (non-hydrogen) atoms. The lowest BCUT2D eigenvalue weighted by atomic mass is 10.2. The van der Waals surface area contributed by atoms with Gasteiger partial charge in [0, 0.05) is 31.7 Å². The molecule has 0 spiro atoms. The standard InChI is InChI=1S/C16H21N5O3/c1-11(2)14-19-15(24-20-14)12-4-5-13(18-10-12)17-6-8-21-7-3-9-23-16(21)22/h4-5,10-11H,3,6-9H2,1-2H3,(H,17,18). The second-order valence-electron chi connectivity index (χ2n) is 5.93. The van der Waals surface area contributed by atoms with E-state index in [1.807, 2.05) is 26.0 Å². The zero-order valence-electron chi connectivity index (χ0n) is 13.9. The minimum absolute atomic E-state index is 0.220. The molecule has 0 atom stereocenters. The smallest absolute Gasteiger partial charge is 0.409 e. The Kier molecular flexibility index (Phi) is 4.93. The topological polar surface area (TPSA) is 93.4 Å². The molecule has 0 bridgehead atoms. The fourth-order valence-corrected chi connectivity index (χ4v) is 2.33. The van der Waals surface area contributed by atoms with Gasteiger partial charge in [-0.25, -0.2) is 9.78 Å². The summed E-state index contributed by atoms with van der Waals surface area (Å²) in [6, 6.07) is 3.73. The molecule has 2 aromatic heterocycles. The molecule has 1 aliphatic heterocycles. The molecule has 2 aromatic rings. The monoisotopic (exact) mass is 331 g/mol. The summed E-state index contributed by atoms with van der Waals surface area (Å²) in [4.78, 5) is 21.9. The van der Waals surface area contributed by atoms with E-state index in [9.17, 15) is 4.79 Å². The van der Waals surface area contributed by atoms with Crippen molar-refractivity contribution in [1.82, 2.24) is 20.0 Å². The number of anilines is 1. The van der Waals surface area contributed by atoms with Gasteiger partial charge in [0.25, 0.3) is 5.89 Å². The number of hydrogen-bond acceptors (Lipinski definition) is 7. The highest BCUT2D eigenvalue weighted by Gasteiger charge is 2.18. The van der Waals surface area contributed by atoms with E-state index in [1.165, 1.54) is 0 Å². The molecule has 8 nitrogen and oxygen atoms in total. The molecule has 1 amide bonds. The van der Waals surface area contributed by atoms with Crippen molar-refractivity contribution in [2.45, 2.75) is 26.2 Å². The number of carbonyl (C=O) groups excluding carboxylic acids is 1. The van der Waals surface area contributed by atoms with E-state index >= 15 is 0 Å². The summed E-state index contributed by atoms with van der Waals surface area (Å²) in [6.07, 6.45) is 2.32. The van der Waals surface area contributed by atoms with Crippen molar-refractivity contribution in [3.05, 3.63) is 24.2 Å². The molecule has 0 aliphatic carbocycles. The highest BCUT2D eigenvalue weighted by molar-refractivity contribution is 5.68. The van der Waals surface area contributed by atoms with Crippen LogP contribution in [0.1, 0.15) is 32.0 Å². The van der Waals surface area contributed by atoms with Crippen molar-refractivity contribution < 1.29 is 14.1 Å². The van der Waals surface area contributed by atoms with Crippen molar-refractivity contribution in [3.63, 3.8) is 0 Å². The van der Waals surface area contributed by atoms with Gasteiger partial charge in [-0.3, -0.25) is 0 Å². The Hall–Kier alpha value is -2.64. The molecule has 0 saturated carbocycles. The molecule has 3 rings (SSSR count). The molecule has 1 aliphatic rings. The van der Waals surface area contributed by atoms with Gasteiger partial charge < -0.3 is 19.5 Å². The number of hydrogen-bond donors (Lipinski definition) is 1. The molecule has 0 aromatic carbocycles. The summed E-state index contributed by atoms with van der Waals surface area (Å²) in [5.74, 6) is 2.10. The van der Waals surface area contributed by atoms with Crippen LogP contribution in [0.3, 0.4) is 0 Å². The van der Waals surface area contributed by atoms with Crippen molar-refractivity contribution >= 4 is 11.9 Å². The van der Waals surface area contributed by atoms with E-state index in [-0.39, 0.29) is 12.0 Å². The van der Waals surface area contributed by atoms with Crippen LogP contribution in [-0.2, 0) is 4.74 Å². The minimum atomic E-state index is -0.247. The van der Waals surface area contributed by atoms with Crippen LogP contribution >= 0.6 is 0 Å². The number of carbonyl (C=O) groups is 1. The summed E-state index contributed by atoms with van der Waals surface area (Å²) in [5, 5.41) is 7.13. The number of ether oxygens (including phenoxy) is 1. The Balaban J connectivity index is 1.53. The lowest BCUT2D eigenvalue weighted by molar-refractivity contribution is 0.0746. The average Bonchev–Trinajstić information content (AvgIpc) is 3.08. The summed E-state index contributed by atoms with van der Waals surface area (Å²) in [5.41, 5.74) is 0.777. The van der Waals surface area contributed by atoms with Crippen LogP contribution in [0.2, 0.25) is 0 Å². The quantitative estimate of drug-likeness (QED) is 0.869. The SMILES string of the molecule is CC(C)c1noc(-c2ccc(NCCN3CCCOC3=O)nc2)n1. The maximum absolute atomic E-state index is 11.5. The third kappa shape index (κ3) is 3.81. The fraction of sp³-hybridized carbons (Fsp3) is 0.500. The Bertz CT molecular complexity index is 683.